The number of rotatable bonds is 4. The largest absolute Gasteiger partial charge is 0.478 e. The molecule has 0 aliphatic heterocycles. The number of nitrogens with zero attached hydrogens (tertiary/aromatic N) is 3. The van der Waals surface area contributed by atoms with Gasteiger partial charge in [-0.15, -0.1) is 0 Å². The quantitative estimate of drug-likeness (QED) is 0.530. The molecule has 1 N–H and O–H groups in total. The number of nitro groups is 1. The smallest absolute Gasteiger partial charge is 0.328 e. The van der Waals surface area contributed by atoms with E-state index >= 15 is 0 Å². The van der Waals surface area contributed by atoms with Gasteiger partial charge < -0.3 is 5.11 Å². The number of aliphatic carboxylic acids is 1. The minimum Gasteiger partial charge on any atom is -0.478 e. The molecule has 0 unspecified atom stereocenters. The average molecular weight is 294 g/mol. The number of hydrogen-bond donors (Lipinski definition) is 1. The highest BCUT2D eigenvalue weighted by atomic mass is 35.5. The van der Waals surface area contributed by atoms with E-state index in [1.54, 1.807) is 0 Å². The van der Waals surface area contributed by atoms with Crippen LogP contribution in [0.4, 0.5) is 5.69 Å². The Morgan fingerprint density at radius 1 is 1.50 bits per heavy atom. The maximum Gasteiger partial charge on any atom is 0.328 e. The monoisotopic (exact) mass is 293 g/mol. The standard InChI is InChI=1S/C12H8ClN3O4/c13-9-6-14-15(7-9)11-3-2-10(16(19)20)5-8(11)1-4-12(17)18/h1-7H,(H,17,18)/b4-1+. The lowest BCUT2D eigenvalue weighted by molar-refractivity contribution is -0.384. The molecule has 8 heteroatoms. The fourth-order valence-corrected chi connectivity index (χ4v) is 1.73. The maximum atomic E-state index is 10.8. The minimum atomic E-state index is -1.15. The van der Waals surface area contributed by atoms with E-state index in [1.807, 2.05) is 0 Å². The molecule has 0 fully saturated rings. The summed E-state index contributed by atoms with van der Waals surface area (Å²) in [6, 6.07) is 4.05. The van der Waals surface area contributed by atoms with Crippen molar-refractivity contribution in [2.75, 3.05) is 0 Å². The first-order valence-corrected chi connectivity index (χ1v) is 5.75. The molecule has 2 aromatic rings. The molecule has 2 rings (SSSR count). The van der Waals surface area contributed by atoms with Crippen molar-refractivity contribution < 1.29 is 14.8 Å². The first-order valence-electron chi connectivity index (χ1n) is 5.37. The van der Waals surface area contributed by atoms with Crippen LogP contribution in [0.15, 0.2) is 36.7 Å². The molecular weight excluding hydrogens is 286 g/mol. The number of carboxylic acids is 1. The van der Waals surface area contributed by atoms with Gasteiger partial charge in [-0.2, -0.15) is 5.10 Å². The van der Waals surface area contributed by atoms with Gasteiger partial charge in [0.05, 0.1) is 21.8 Å². The molecule has 1 aromatic heterocycles. The van der Waals surface area contributed by atoms with Gasteiger partial charge in [0.25, 0.3) is 5.69 Å². The first-order chi connectivity index (χ1) is 9.47. The zero-order chi connectivity index (χ0) is 14.7. The second kappa shape index (κ2) is 5.54. The second-order valence-corrected chi connectivity index (χ2v) is 4.21. The molecule has 0 aliphatic carbocycles. The number of aromatic nitrogens is 2. The Labute approximate surface area is 117 Å². The van der Waals surface area contributed by atoms with E-state index in [0.717, 1.165) is 6.08 Å². The van der Waals surface area contributed by atoms with Gasteiger partial charge in [-0.25, -0.2) is 9.48 Å². The van der Waals surface area contributed by atoms with Gasteiger partial charge in [0.15, 0.2) is 0 Å². The van der Waals surface area contributed by atoms with Gasteiger partial charge in [0.1, 0.15) is 0 Å². The van der Waals surface area contributed by atoms with E-state index in [0.29, 0.717) is 16.3 Å². The fourth-order valence-electron chi connectivity index (χ4n) is 1.59. The van der Waals surface area contributed by atoms with Gasteiger partial charge in [-0.1, -0.05) is 11.6 Å². The van der Waals surface area contributed by atoms with Crippen molar-refractivity contribution in [3.8, 4) is 5.69 Å². The molecule has 0 radical (unpaired) electrons. The van der Waals surface area contributed by atoms with Gasteiger partial charge in [-0.3, -0.25) is 10.1 Å². The predicted molar refractivity (Wildman–Crippen MR) is 71.9 cm³/mol. The molecule has 1 heterocycles. The van der Waals surface area contributed by atoms with Crippen LogP contribution in [0.25, 0.3) is 11.8 Å². The second-order valence-electron chi connectivity index (χ2n) is 3.77. The normalized spacial score (nSPS) is 10.8. The predicted octanol–water partition coefficient (Wildman–Crippen LogP) is 2.53. The van der Waals surface area contributed by atoms with Crippen LogP contribution in [0.2, 0.25) is 5.02 Å². The molecular formula is C12H8ClN3O4. The van der Waals surface area contributed by atoms with Crippen molar-refractivity contribution in [3.63, 3.8) is 0 Å². The van der Waals surface area contributed by atoms with Crippen molar-refractivity contribution >= 4 is 29.3 Å². The van der Waals surface area contributed by atoms with Crippen LogP contribution < -0.4 is 0 Å². The van der Waals surface area contributed by atoms with E-state index in [1.165, 1.54) is 41.4 Å². The summed E-state index contributed by atoms with van der Waals surface area (Å²) in [5, 5.41) is 23.8. The highest BCUT2D eigenvalue weighted by molar-refractivity contribution is 6.30. The summed E-state index contributed by atoms with van der Waals surface area (Å²) < 4.78 is 1.41. The summed E-state index contributed by atoms with van der Waals surface area (Å²) in [5.41, 5.74) is 0.693. The van der Waals surface area contributed by atoms with Crippen LogP contribution in [0.5, 0.6) is 0 Å². The van der Waals surface area contributed by atoms with Crippen LogP contribution in [0, 0.1) is 10.1 Å². The van der Waals surface area contributed by atoms with Crippen molar-refractivity contribution in [1.29, 1.82) is 0 Å². The number of nitro benzene ring substituents is 1. The number of carbonyl (C=O) groups is 1. The number of hydrogen-bond acceptors (Lipinski definition) is 4. The molecule has 0 bridgehead atoms. The topological polar surface area (TPSA) is 98.3 Å². The summed E-state index contributed by atoms with van der Waals surface area (Å²) in [6.45, 7) is 0. The Hall–Kier alpha value is -2.67. The third kappa shape index (κ3) is 3.01. The summed E-state index contributed by atoms with van der Waals surface area (Å²) in [7, 11) is 0. The Bertz CT molecular complexity index is 708. The molecule has 0 aliphatic rings. The molecule has 0 atom stereocenters. The van der Waals surface area contributed by atoms with Crippen LogP contribution >= 0.6 is 11.6 Å². The zero-order valence-corrected chi connectivity index (χ0v) is 10.7. The van der Waals surface area contributed by atoms with Gasteiger partial charge in [0, 0.05) is 30.0 Å². The Morgan fingerprint density at radius 3 is 2.80 bits per heavy atom. The average Bonchev–Trinajstić information content (AvgIpc) is 2.82. The molecule has 0 saturated heterocycles. The summed E-state index contributed by atoms with van der Waals surface area (Å²) in [5.74, 6) is -1.15. The minimum absolute atomic E-state index is 0.142. The first kappa shape index (κ1) is 13.8. The SMILES string of the molecule is O=C(O)/C=C/c1cc([N+](=O)[O-])ccc1-n1cc(Cl)cn1. The molecule has 1 aromatic carbocycles. The lowest BCUT2D eigenvalue weighted by atomic mass is 10.1. The molecule has 7 nitrogen and oxygen atoms in total. The Balaban J connectivity index is 2.55. The lowest BCUT2D eigenvalue weighted by Crippen LogP contribution is -1.99. The summed E-state index contributed by atoms with van der Waals surface area (Å²) in [6.07, 6.45) is 5.09. The number of halogens is 1. The van der Waals surface area contributed by atoms with Crippen LogP contribution in [0.3, 0.4) is 0 Å². The third-order valence-electron chi connectivity index (χ3n) is 2.43. The van der Waals surface area contributed by atoms with Gasteiger partial charge in [0.2, 0.25) is 0 Å². The van der Waals surface area contributed by atoms with Crippen LogP contribution in [-0.4, -0.2) is 25.8 Å². The Morgan fingerprint density at radius 2 is 2.25 bits per heavy atom. The van der Waals surface area contributed by atoms with Crippen molar-refractivity contribution in [2.45, 2.75) is 0 Å². The van der Waals surface area contributed by atoms with E-state index < -0.39 is 10.9 Å². The molecule has 0 spiro atoms. The Kier molecular flexibility index (Phi) is 3.81. The van der Waals surface area contributed by atoms with E-state index in [4.69, 9.17) is 16.7 Å². The van der Waals surface area contributed by atoms with Crippen molar-refractivity contribution in [1.82, 2.24) is 9.78 Å². The summed E-state index contributed by atoms with van der Waals surface area (Å²) >= 11 is 5.77. The number of non-ortho nitro benzene ring substituents is 1. The van der Waals surface area contributed by atoms with Gasteiger partial charge in [-0.05, 0) is 12.1 Å². The van der Waals surface area contributed by atoms with E-state index in [2.05, 4.69) is 5.10 Å². The fraction of sp³-hybridized carbons (Fsp3) is 0. The highest BCUT2D eigenvalue weighted by Gasteiger charge is 2.11. The molecule has 20 heavy (non-hydrogen) atoms. The van der Waals surface area contributed by atoms with E-state index in [-0.39, 0.29) is 5.69 Å². The molecule has 0 amide bonds. The van der Waals surface area contributed by atoms with E-state index in [9.17, 15) is 14.9 Å². The van der Waals surface area contributed by atoms with Crippen molar-refractivity contribution in [2.24, 2.45) is 0 Å². The third-order valence-corrected chi connectivity index (χ3v) is 2.62. The number of carboxylic acid groups (broad SMARTS) is 1. The highest BCUT2D eigenvalue weighted by Crippen LogP contribution is 2.23. The summed E-state index contributed by atoms with van der Waals surface area (Å²) in [4.78, 5) is 20.8. The lowest BCUT2D eigenvalue weighted by Gasteiger charge is -2.05. The maximum absolute atomic E-state index is 10.8. The zero-order valence-electron chi connectivity index (χ0n) is 9.93. The molecule has 0 saturated carbocycles. The van der Waals surface area contributed by atoms with Crippen molar-refractivity contribution in [3.05, 3.63) is 57.4 Å². The van der Waals surface area contributed by atoms with Crippen LogP contribution in [-0.2, 0) is 4.79 Å². The number of benzene rings is 1. The van der Waals surface area contributed by atoms with Gasteiger partial charge >= 0.3 is 5.97 Å². The molecule has 102 valence electrons. The van der Waals surface area contributed by atoms with Crippen LogP contribution in [0.1, 0.15) is 5.56 Å².